The highest BCUT2D eigenvalue weighted by molar-refractivity contribution is 14.1. The maximum absolute atomic E-state index is 13.0. The van der Waals surface area contributed by atoms with E-state index >= 15 is 0 Å². The summed E-state index contributed by atoms with van der Waals surface area (Å²) in [6.07, 6.45) is 1.86. The number of carbonyl (C=O) groups is 1. The lowest BCUT2D eigenvalue weighted by molar-refractivity contribution is -0.113. The van der Waals surface area contributed by atoms with Crippen LogP contribution in [0.1, 0.15) is 25.0 Å². The number of thioether (sulfide) groups is 1. The van der Waals surface area contributed by atoms with E-state index < -0.39 is 0 Å². The maximum Gasteiger partial charge on any atom is 0.270 e. The number of thiocarbonyl (C=S) groups is 1. The molecule has 2 aromatic carbocycles. The molecular formula is C21H20INO3S2. The van der Waals surface area contributed by atoms with Crippen molar-refractivity contribution in [2.75, 3.05) is 18.1 Å². The third-order valence-electron chi connectivity index (χ3n) is 4.00. The summed E-state index contributed by atoms with van der Waals surface area (Å²) in [5.41, 5.74) is 2.80. The summed E-state index contributed by atoms with van der Waals surface area (Å²) in [5.74, 6) is 1.30. The van der Waals surface area contributed by atoms with Crippen molar-refractivity contribution < 1.29 is 14.3 Å². The van der Waals surface area contributed by atoms with E-state index in [1.54, 1.807) is 4.90 Å². The smallest absolute Gasteiger partial charge is 0.270 e. The summed E-state index contributed by atoms with van der Waals surface area (Å²) in [7, 11) is 0. The van der Waals surface area contributed by atoms with Crippen molar-refractivity contribution in [1.82, 2.24) is 0 Å². The van der Waals surface area contributed by atoms with Gasteiger partial charge in [-0.25, -0.2) is 0 Å². The Bertz CT molecular complexity index is 941. The van der Waals surface area contributed by atoms with Crippen molar-refractivity contribution >= 4 is 68.6 Å². The summed E-state index contributed by atoms with van der Waals surface area (Å²) in [6, 6.07) is 11.6. The lowest BCUT2D eigenvalue weighted by atomic mass is 10.1. The fourth-order valence-electron chi connectivity index (χ4n) is 2.75. The molecule has 1 aliphatic rings. The van der Waals surface area contributed by atoms with Crippen LogP contribution >= 0.6 is 46.6 Å². The second-order valence-electron chi connectivity index (χ2n) is 6.05. The zero-order chi connectivity index (χ0) is 20.3. The van der Waals surface area contributed by atoms with Crippen molar-refractivity contribution in [2.45, 2.75) is 20.8 Å². The molecule has 1 amide bonds. The molecule has 0 unspecified atom stereocenters. The molecular weight excluding hydrogens is 505 g/mol. The largest absolute Gasteiger partial charge is 0.490 e. The molecule has 2 aromatic rings. The third-order valence-corrected chi connectivity index (χ3v) is 6.11. The SMILES string of the molecule is CCOc1cc(/C=C2\SC(=S)N(c3ccc(C)cc3)C2=O)cc(I)c1OCC. The Balaban J connectivity index is 1.94. The zero-order valence-corrected chi connectivity index (χ0v) is 19.6. The van der Waals surface area contributed by atoms with Gasteiger partial charge in [0.2, 0.25) is 0 Å². The summed E-state index contributed by atoms with van der Waals surface area (Å²) in [4.78, 5) is 15.1. The van der Waals surface area contributed by atoms with Gasteiger partial charge in [0.05, 0.1) is 27.4 Å². The van der Waals surface area contributed by atoms with Gasteiger partial charge in [-0.05, 0) is 79.3 Å². The Morgan fingerprint density at radius 2 is 1.82 bits per heavy atom. The zero-order valence-electron chi connectivity index (χ0n) is 15.8. The molecule has 146 valence electrons. The number of halogens is 1. The second kappa shape index (κ2) is 9.28. The Morgan fingerprint density at radius 1 is 1.14 bits per heavy atom. The highest BCUT2D eigenvalue weighted by atomic mass is 127. The molecule has 0 atom stereocenters. The van der Waals surface area contributed by atoms with Gasteiger partial charge in [-0.3, -0.25) is 9.69 Å². The Labute approximate surface area is 188 Å². The molecule has 1 heterocycles. The van der Waals surface area contributed by atoms with Crippen LogP contribution in [0.5, 0.6) is 11.5 Å². The number of hydrogen-bond acceptors (Lipinski definition) is 5. The fraction of sp³-hybridized carbons (Fsp3) is 0.238. The average Bonchev–Trinajstić information content (AvgIpc) is 2.93. The average molecular weight is 525 g/mol. The highest BCUT2D eigenvalue weighted by Gasteiger charge is 2.33. The highest BCUT2D eigenvalue weighted by Crippen LogP contribution is 2.39. The molecule has 0 bridgehead atoms. The van der Waals surface area contributed by atoms with Gasteiger partial charge in [-0.1, -0.05) is 41.7 Å². The number of benzene rings is 2. The van der Waals surface area contributed by atoms with E-state index in [1.165, 1.54) is 11.8 Å². The van der Waals surface area contributed by atoms with E-state index in [0.717, 1.165) is 26.1 Å². The number of carbonyl (C=O) groups excluding carboxylic acids is 1. The Kier molecular flexibility index (Phi) is 7.00. The standard InChI is InChI=1S/C21H20INO3S2/c1-4-25-17-11-14(10-16(22)19(17)26-5-2)12-18-20(24)23(21(27)28-18)15-8-6-13(3)7-9-15/h6-12H,4-5H2,1-3H3/b18-12-. The van der Waals surface area contributed by atoms with Gasteiger partial charge < -0.3 is 9.47 Å². The van der Waals surface area contributed by atoms with Gasteiger partial charge in [-0.15, -0.1) is 0 Å². The van der Waals surface area contributed by atoms with Gasteiger partial charge in [0.1, 0.15) is 0 Å². The van der Waals surface area contributed by atoms with Crippen molar-refractivity contribution in [1.29, 1.82) is 0 Å². The third kappa shape index (κ3) is 4.52. The van der Waals surface area contributed by atoms with Crippen LogP contribution in [-0.2, 0) is 4.79 Å². The fourth-order valence-corrected chi connectivity index (χ4v) is 4.83. The normalized spacial score (nSPS) is 15.4. The molecule has 3 rings (SSSR count). The number of aryl methyl sites for hydroxylation is 1. The first kappa shape index (κ1) is 21.1. The van der Waals surface area contributed by atoms with Gasteiger partial charge in [-0.2, -0.15) is 0 Å². The summed E-state index contributed by atoms with van der Waals surface area (Å²) in [5, 5.41) is 0. The quantitative estimate of drug-likeness (QED) is 0.271. The van der Waals surface area contributed by atoms with Crippen LogP contribution in [0.25, 0.3) is 6.08 Å². The summed E-state index contributed by atoms with van der Waals surface area (Å²) >= 11 is 8.99. The molecule has 4 nitrogen and oxygen atoms in total. The molecule has 0 N–H and O–H groups in total. The number of amides is 1. The van der Waals surface area contributed by atoms with Crippen molar-refractivity contribution in [3.05, 3.63) is 56.0 Å². The molecule has 0 saturated carbocycles. The van der Waals surface area contributed by atoms with Crippen LogP contribution in [0.4, 0.5) is 5.69 Å². The molecule has 0 aromatic heterocycles. The molecule has 0 spiro atoms. The minimum absolute atomic E-state index is 0.110. The number of rotatable bonds is 6. The minimum Gasteiger partial charge on any atom is -0.490 e. The Hall–Kier alpha value is -1.58. The van der Waals surface area contributed by atoms with Gasteiger partial charge in [0.25, 0.3) is 5.91 Å². The van der Waals surface area contributed by atoms with Gasteiger partial charge >= 0.3 is 0 Å². The Morgan fingerprint density at radius 3 is 2.46 bits per heavy atom. The lowest BCUT2D eigenvalue weighted by Gasteiger charge is -2.15. The first-order valence-corrected chi connectivity index (χ1v) is 11.2. The predicted molar refractivity (Wildman–Crippen MR) is 128 cm³/mol. The molecule has 1 fully saturated rings. The predicted octanol–water partition coefficient (Wildman–Crippen LogP) is 5.80. The minimum atomic E-state index is -0.110. The first-order chi connectivity index (χ1) is 13.4. The lowest BCUT2D eigenvalue weighted by Crippen LogP contribution is -2.27. The van der Waals surface area contributed by atoms with Crippen molar-refractivity contribution in [2.24, 2.45) is 0 Å². The summed E-state index contributed by atoms with van der Waals surface area (Å²) in [6.45, 7) is 6.98. The molecule has 28 heavy (non-hydrogen) atoms. The first-order valence-electron chi connectivity index (χ1n) is 8.88. The van der Waals surface area contributed by atoms with Gasteiger partial charge in [0.15, 0.2) is 15.8 Å². The van der Waals surface area contributed by atoms with Crippen molar-refractivity contribution in [3.63, 3.8) is 0 Å². The van der Waals surface area contributed by atoms with Gasteiger partial charge in [0, 0.05) is 0 Å². The monoisotopic (exact) mass is 525 g/mol. The van der Waals surface area contributed by atoms with Crippen LogP contribution in [0, 0.1) is 10.5 Å². The topological polar surface area (TPSA) is 38.8 Å². The number of ether oxygens (including phenoxy) is 2. The van der Waals surface area contributed by atoms with Crippen LogP contribution in [0.2, 0.25) is 0 Å². The van der Waals surface area contributed by atoms with E-state index in [1.807, 2.05) is 63.2 Å². The number of anilines is 1. The van der Waals surface area contributed by atoms with Crippen LogP contribution in [0.15, 0.2) is 41.3 Å². The van der Waals surface area contributed by atoms with E-state index in [-0.39, 0.29) is 5.91 Å². The van der Waals surface area contributed by atoms with E-state index in [9.17, 15) is 4.79 Å². The maximum atomic E-state index is 13.0. The van der Waals surface area contributed by atoms with Crippen LogP contribution < -0.4 is 14.4 Å². The summed E-state index contributed by atoms with van der Waals surface area (Å²) < 4.78 is 12.9. The van der Waals surface area contributed by atoms with Crippen LogP contribution in [0.3, 0.4) is 0 Å². The molecule has 1 aliphatic heterocycles. The number of nitrogens with zero attached hydrogens (tertiary/aromatic N) is 1. The number of hydrogen-bond donors (Lipinski definition) is 0. The molecule has 0 aliphatic carbocycles. The van der Waals surface area contributed by atoms with Crippen molar-refractivity contribution in [3.8, 4) is 11.5 Å². The van der Waals surface area contributed by atoms with Crippen LogP contribution in [-0.4, -0.2) is 23.4 Å². The molecule has 0 radical (unpaired) electrons. The van der Waals surface area contributed by atoms with E-state index in [0.29, 0.717) is 28.2 Å². The van der Waals surface area contributed by atoms with E-state index in [4.69, 9.17) is 21.7 Å². The molecule has 1 saturated heterocycles. The van der Waals surface area contributed by atoms with E-state index in [2.05, 4.69) is 22.6 Å². The second-order valence-corrected chi connectivity index (χ2v) is 8.89. The molecule has 7 heteroatoms.